The van der Waals surface area contributed by atoms with Crippen LogP contribution in [0.4, 0.5) is 16.2 Å². The third-order valence-corrected chi connectivity index (χ3v) is 4.17. The molecule has 0 saturated carbocycles. The fourth-order valence-corrected chi connectivity index (χ4v) is 2.79. The Morgan fingerprint density at radius 1 is 1.28 bits per heavy atom. The van der Waals surface area contributed by atoms with Crippen LogP contribution in [0.25, 0.3) is 0 Å². The predicted molar refractivity (Wildman–Crippen MR) is 99.8 cm³/mol. The van der Waals surface area contributed by atoms with Crippen LogP contribution >= 0.6 is 0 Å². The second-order valence-electron chi connectivity index (χ2n) is 7.09. The molecule has 3 amide bonds. The first-order valence-corrected chi connectivity index (χ1v) is 8.97. The molecule has 2 rings (SSSR count). The first-order valence-electron chi connectivity index (χ1n) is 8.97. The molecule has 1 aliphatic heterocycles. The fourth-order valence-electron chi connectivity index (χ4n) is 2.79. The van der Waals surface area contributed by atoms with Gasteiger partial charge in [-0.15, -0.1) is 0 Å². The van der Waals surface area contributed by atoms with Gasteiger partial charge in [0, 0.05) is 30.9 Å². The summed E-state index contributed by atoms with van der Waals surface area (Å²) in [7, 11) is 0. The summed E-state index contributed by atoms with van der Waals surface area (Å²) in [4.78, 5) is 24.0. The van der Waals surface area contributed by atoms with Crippen LogP contribution in [0.1, 0.15) is 38.7 Å². The van der Waals surface area contributed by atoms with Crippen LogP contribution < -0.4 is 16.0 Å². The molecule has 0 aromatic heterocycles. The van der Waals surface area contributed by atoms with Crippen LogP contribution in [0.5, 0.6) is 0 Å². The van der Waals surface area contributed by atoms with E-state index >= 15 is 0 Å². The van der Waals surface area contributed by atoms with Crippen molar-refractivity contribution in [1.82, 2.24) is 5.32 Å². The molecule has 0 bridgehead atoms. The Hall–Kier alpha value is -2.08. The number of hydrogen-bond donors (Lipinski definition) is 3. The van der Waals surface area contributed by atoms with E-state index in [1.165, 1.54) is 0 Å². The highest BCUT2D eigenvalue weighted by Gasteiger charge is 2.15. The molecule has 6 heteroatoms. The number of rotatable bonds is 6. The molecule has 1 atom stereocenters. The van der Waals surface area contributed by atoms with Gasteiger partial charge in [0.05, 0.1) is 6.61 Å². The summed E-state index contributed by atoms with van der Waals surface area (Å²) in [6, 6.07) is 5.28. The third-order valence-electron chi connectivity index (χ3n) is 4.17. The van der Waals surface area contributed by atoms with Crippen LogP contribution in [0, 0.1) is 18.8 Å². The molecule has 0 spiro atoms. The zero-order chi connectivity index (χ0) is 18.2. The van der Waals surface area contributed by atoms with Gasteiger partial charge in [-0.25, -0.2) is 4.79 Å². The number of carbonyl (C=O) groups is 2. The predicted octanol–water partition coefficient (Wildman–Crippen LogP) is 3.53. The number of hydrogen-bond acceptors (Lipinski definition) is 3. The Morgan fingerprint density at radius 3 is 2.76 bits per heavy atom. The second kappa shape index (κ2) is 9.42. The van der Waals surface area contributed by atoms with E-state index in [9.17, 15) is 9.59 Å². The Kier molecular flexibility index (Phi) is 7.25. The second-order valence-corrected chi connectivity index (χ2v) is 7.09. The van der Waals surface area contributed by atoms with Gasteiger partial charge in [0.1, 0.15) is 0 Å². The van der Waals surface area contributed by atoms with Crippen molar-refractivity contribution in [3.8, 4) is 0 Å². The van der Waals surface area contributed by atoms with Crippen molar-refractivity contribution >= 4 is 23.3 Å². The zero-order valence-electron chi connectivity index (χ0n) is 15.4. The number of aryl methyl sites for hydroxylation is 1. The maximum Gasteiger partial charge on any atom is 0.319 e. The summed E-state index contributed by atoms with van der Waals surface area (Å²) in [5, 5.41) is 8.63. The van der Waals surface area contributed by atoms with Crippen molar-refractivity contribution in [3.05, 3.63) is 23.8 Å². The van der Waals surface area contributed by atoms with Crippen LogP contribution in [0.3, 0.4) is 0 Å². The first kappa shape index (κ1) is 19.2. The van der Waals surface area contributed by atoms with Gasteiger partial charge in [0.15, 0.2) is 0 Å². The monoisotopic (exact) mass is 347 g/mol. The lowest BCUT2D eigenvalue weighted by molar-refractivity contribution is -0.116. The topological polar surface area (TPSA) is 79.5 Å². The van der Waals surface area contributed by atoms with E-state index in [4.69, 9.17) is 4.74 Å². The summed E-state index contributed by atoms with van der Waals surface area (Å²) in [6.45, 7) is 8.06. The Morgan fingerprint density at radius 2 is 2.08 bits per heavy atom. The lowest BCUT2D eigenvalue weighted by atomic mass is 10.0. The van der Waals surface area contributed by atoms with Gasteiger partial charge in [-0.3, -0.25) is 4.79 Å². The van der Waals surface area contributed by atoms with Crippen molar-refractivity contribution in [3.63, 3.8) is 0 Å². The molecule has 1 heterocycles. The normalized spacial score (nSPS) is 17.2. The quantitative estimate of drug-likeness (QED) is 0.736. The maximum absolute atomic E-state index is 12.1. The highest BCUT2D eigenvalue weighted by molar-refractivity contribution is 5.94. The van der Waals surface area contributed by atoms with E-state index in [0.717, 1.165) is 25.0 Å². The molecule has 1 aromatic rings. The zero-order valence-corrected chi connectivity index (χ0v) is 15.4. The minimum absolute atomic E-state index is 0.0217. The molecule has 1 aromatic carbocycles. The number of carbonyl (C=O) groups excluding carboxylic acids is 2. The Labute approximate surface area is 149 Å². The largest absolute Gasteiger partial charge is 0.381 e. The van der Waals surface area contributed by atoms with Gasteiger partial charge in [0.25, 0.3) is 0 Å². The average molecular weight is 347 g/mol. The molecule has 1 fully saturated rings. The molecule has 1 aliphatic rings. The van der Waals surface area contributed by atoms with Gasteiger partial charge < -0.3 is 20.7 Å². The van der Waals surface area contributed by atoms with Crippen LogP contribution in [0.2, 0.25) is 0 Å². The highest BCUT2D eigenvalue weighted by Crippen LogP contribution is 2.21. The minimum Gasteiger partial charge on any atom is -0.381 e. The van der Waals surface area contributed by atoms with Gasteiger partial charge in [-0.2, -0.15) is 0 Å². The van der Waals surface area contributed by atoms with Crippen LogP contribution in [-0.2, 0) is 9.53 Å². The molecule has 3 N–H and O–H groups in total. The molecule has 0 radical (unpaired) electrons. The van der Waals surface area contributed by atoms with Crippen molar-refractivity contribution in [1.29, 1.82) is 0 Å². The summed E-state index contributed by atoms with van der Waals surface area (Å²) in [5.41, 5.74) is 2.32. The number of urea groups is 1. The Bertz CT molecular complexity index is 596. The molecule has 0 unspecified atom stereocenters. The van der Waals surface area contributed by atoms with E-state index in [1.807, 2.05) is 32.9 Å². The van der Waals surface area contributed by atoms with E-state index in [1.54, 1.807) is 6.07 Å². The van der Waals surface area contributed by atoms with E-state index in [-0.39, 0.29) is 11.9 Å². The smallest absolute Gasteiger partial charge is 0.319 e. The van der Waals surface area contributed by atoms with Gasteiger partial charge in [0.2, 0.25) is 5.91 Å². The number of nitrogens with one attached hydrogen (secondary N) is 3. The molecular weight excluding hydrogens is 318 g/mol. The summed E-state index contributed by atoms with van der Waals surface area (Å²) < 4.78 is 5.42. The number of amides is 3. The summed E-state index contributed by atoms with van der Waals surface area (Å²) in [5.74, 6) is 0.659. The van der Waals surface area contributed by atoms with Gasteiger partial charge >= 0.3 is 6.03 Å². The molecule has 138 valence electrons. The van der Waals surface area contributed by atoms with Gasteiger partial charge in [-0.05, 0) is 49.3 Å². The first-order chi connectivity index (χ1) is 11.9. The average Bonchev–Trinajstić information content (AvgIpc) is 2.56. The van der Waals surface area contributed by atoms with E-state index in [2.05, 4.69) is 16.0 Å². The van der Waals surface area contributed by atoms with Crippen LogP contribution in [0.15, 0.2) is 18.2 Å². The molecule has 1 saturated heterocycles. The molecular formula is C19H29N3O3. The number of benzene rings is 1. The third kappa shape index (κ3) is 6.74. The number of ether oxygens (including phenoxy) is 1. The molecule has 25 heavy (non-hydrogen) atoms. The lowest BCUT2D eigenvalue weighted by Crippen LogP contribution is -2.36. The standard InChI is InChI=1S/C19H29N3O3/c1-13(2)9-18(23)21-16-7-6-14(3)17(10-16)22-19(24)20-11-15-5-4-8-25-12-15/h6-7,10,13,15H,4-5,8-9,11-12H2,1-3H3,(H,21,23)(H2,20,22,24)/t15-/m0/s1. The summed E-state index contributed by atoms with van der Waals surface area (Å²) >= 11 is 0. The molecule has 6 nitrogen and oxygen atoms in total. The lowest BCUT2D eigenvalue weighted by Gasteiger charge is -2.22. The SMILES string of the molecule is Cc1ccc(NC(=O)CC(C)C)cc1NC(=O)NC[C@@H]1CCCOC1. The Balaban J connectivity index is 1.88. The highest BCUT2D eigenvalue weighted by atomic mass is 16.5. The van der Waals surface area contributed by atoms with Crippen molar-refractivity contribution in [2.24, 2.45) is 11.8 Å². The van der Waals surface area contributed by atoms with E-state index < -0.39 is 0 Å². The maximum atomic E-state index is 12.1. The van der Waals surface area contributed by atoms with Crippen molar-refractivity contribution in [2.75, 3.05) is 30.4 Å². The fraction of sp³-hybridized carbons (Fsp3) is 0.579. The van der Waals surface area contributed by atoms with Crippen molar-refractivity contribution in [2.45, 2.75) is 40.0 Å². The van der Waals surface area contributed by atoms with Crippen LogP contribution in [-0.4, -0.2) is 31.7 Å². The van der Waals surface area contributed by atoms with E-state index in [0.29, 0.717) is 42.8 Å². The minimum atomic E-state index is -0.237. The number of anilines is 2. The van der Waals surface area contributed by atoms with Gasteiger partial charge in [-0.1, -0.05) is 19.9 Å². The van der Waals surface area contributed by atoms with Crippen molar-refractivity contribution < 1.29 is 14.3 Å². The summed E-state index contributed by atoms with van der Waals surface area (Å²) in [6.07, 6.45) is 2.60. The molecule has 0 aliphatic carbocycles.